The molecule has 6 nitrogen and oxygen atoms in total. The van der Waals surface area contributed by atoms with E-state index in [4.69, 9.17) is 0 Å². The molecule has 2 aromatic heterocycles. The van der Waals surface area contributed by atoms with Gasteiger partial charge in [-0.05, 0) is 44.1 Å². The number of nitrogens with zero attached hydrogens (tertiary/aromatic N) is 2. The molecule has 1 aliphatic rings. The van der Waals surface area contributed by atoms with E-state index in [0.717, 1.165) is 24.9 Å². The zero-order valence-electron chi connectivity index (χ0n) is 12.6. The van der Waals surface area contributed by atoms with E-state index in [1.807, 2.05) is 0 Å². The van der Waals surface area contributed by atoms with Crippen LogP contribution in [-0.2, 0) is 0 Å². The summed E-state index contributed by atoms with van der Waals surface area (Å²) in [4.78, 5) is 32.8. The lowest BCUT2D eigenvalue weighted by Crippen LogP contribution is -2.40. The molecule has 0 saturated carbocycles. The Morgan fingerprint density at radius 1 is 1.41 bits per heavy atom. The maximum absolute atomic E-state index is 12.2. The number of rotatable bonds is 4. The second kappa shape index (κ2) is 6.27. The Labute approximate surface area is 128 Å². The highest BCUT2D eigenvalue weighted by atomic mass is 16.2. The van der Waals surface area contributed by atoms with Crippen molar-refractivity contribution in [3.05, 3.63) is 40.3 Å². The summed E-state index contributed by atoms with van der Waals surface area (Å²) in [5, 5.41) is 3.76. The number of aromatic amines is 1. The van der Waals surface area contributed by atoms with Crippen LogP contribution in [0.25, 0.3) is 11.0 Å². The third-order valence-corrected chi connectivity index (χ3v) is 4.22. The second-order valence-corrected chi connectivity index (χ2v) is 5.59. The molecule has 0 radical (unpaired) electrons. The highest BCUT2D eigenvalue weighted by Crippen LogP contribution is 2.15. The van der Waals surface area contributed by atoms with Crippen LogP contribution >= 0.6 is 0 Å². The molecular weight excluding hydrogens is 280 g/mol. The topological polar surface area (TPSA) is 78.1 Å². The van der Waals surface area contributed by atoms with Crippen molar-refractivity contribution in [2.45, 2.75) is 25.8 Å². The Balaban J connectivity index is 1.70. The van der Waals surface area contributed by atoms with Gasteiger partial charge >= 0.3 is 0 Å². The highest BCUT2D eigenvalue weighted by molar-refractivity contribution is 5.94. The minimum Gasteiger partial charge on any atom is -0.349 e. The average molecular weight is 300 g/mol. The number of pyridine rings is 2. The Hall–Kier alpha value is -2.21. The lowest BCUT2D eigenvalue weighted by atomic mass is 10.2. The molecule has 0 spiro atoms. The molecule has 0 bridgehead atoms. The number of hydrogen-bond acceptors (Lipinski definition) is 4. The van der Waals surface area contributed by atoms with Crippen molar-refractivity contribution in [3.8, 4) is 0 Å². The van der Waals surface area contributed by atoms with Crippen LogP contribution in [0.4, 0.5) is 0 Å². The molecule has 1 saturated heterocycles. The summed E-state index contributed by atoms with van der Waals surface area (Å²) < 4.78 is 0. The van der Waals surface area contributed by atoms with E-state index in [-0.39, 0.29) is 11.5 Å². The summed E-state index contributed by atoms with van der Waals surface area (Å²) in [6.45, 7) is 4.89. The van der Waals surface area contributed by atoms with Crippen LogP contribution in [0, 0.1) is 0 Å². The van der Waals surface area contributed by atoms with Gasteiger partial charge in [-0.15, -0.1) is 0 Å². The predicted molar refractivity (Wildman–Crippen MR) is 85.0 cm³/mol. The summed E-state index contributed by atoms with van der Waals surface area (Å²) in [7, 11) is 0. The zero-order chi connectivity index (χ0) is 15.5. The number of nitrogens with one attached hydrogen (secondary N) is 2. The lowest BCUT2D eigenvalue weighted by molar-refractivity contribution is 0.0936. The van der Waals surface area contributed by atoms with Crippen LogP contribution in [0.3, 0.4) is 0 Å². The van der Waals surface area contributed by atoms with Gasteiger partial charge in [0.1, 0.15) is 11.3 Å². The van der Waals surface area contributed by atoms with Crippen molar-refractivity contribution in [1.29, 1.82) is 0 Å². The summed E-state index contributed by atoms with van der Waals surface area (Å²) >= 11 is 0. The van der Waals surface area contributed by atoms with E-state index >= 15 is 0 Å². The molecule has 2 N–H and O–H groups in total. The molecule has 1 fully saturated rings. The quantitative estimate of drug-likeness (QED) is 0.887. The maximum Gasteiger partial charge on any atom is 0.270 e. The minimum absolute atomic E-state index is 0.199. The van der Waals surface area contributed by atoms with Crippen LogP contribution in [0.1, 0.15) is 30.3 Å². The summed E-state index contributed by atoms with van der Waals surface area (Å²) in [5.74, 6) is -0.199. The number of carbonyl (C=O) groups is 1. The van der Waals surface area contributed by atoms with Gasteiger partial charge in [0.05, 0.1) is 0 Å². The number of fused-ring (bicyclic) bond motifs is 1. The second-order valence-electron chi connectivity index (χ2n) is 5.59. The van der Waals surface area contributed by atoms with Crippen molar-refractivity contribution in [3.63, 3.8) is 0 Å². The van der Waals surface area contributed by atoms with Crippen LogP contribution in [-0.4, -0.2) is 46.5 Å². The van der Waals surface area contributed by atoms with Crippen molar-refractivity contribution in [2.24, 2.45) is 0 Å². The normalized spacial score (nSPS) is 18.7. The molecule has 0 aliphatic carbocycles. The molecule has 3 rings (SSSR count). The summed E-state index contributed by atoms with van der Waals surface area (Å²) in [5.41, 5.74) is 0.550. The molecule has 1 unspecified atom stereocenters. The number of amides is 1. The molecule has 1 atom stereocenters. The first-order valence-corrected chi connectivity index (χ1v) is 7.69. The van der Waals surface area contributed by atoms with Crippen LogP contribution in [0.15, 0.2) is 29.1 Å². The minimum atomic E-state index is -0.220. The number of H-pyrrole nitrogens is 1. The van der Waals surface area contributed by atoms with Gasteiger partial charge in [-0.2, -0.15) is 0 Å². The van der Waals surface area contributed by atoms with Gasteiger partial charge in [0.2, 0.25) is 5.56 Å². The molecule has 1 amide bonds. The van der Waals surface area contributed by atoms with Crippen molar-refractivity contribution < 1.29 is 4.79 Å². The smallest absolute Gasteiger partial charge is 0.270 e. The van der Waals surface area contributed by atoms with E-state index in [1.165, 1.54) is 12.5 Å². The van der Waals surface area contributed by atoms with Crippen molar-refractivity contribution >= 4 is 16.9 Å². The number of likely N-dealkylation sites (tertiary alicyclic amines) is 1. The van der Waals surface area contributed by atoms with E-state index < -0.39 is 0 Å². The first kappa shape index (κ1) is 14.7. The highest BCUT2D eigenvalue weighted by Gasteiger charge is 2.23. The molecule has 2 aromatic rings. The number of aromatic nitrogens is 2. The predicted octanol–water partition coefficient (Wildman–Crippen LogP) is 1.14. The fourth-order valence-corrected chi connectivity index (χ4v) is 3.00. The SMILES string of the molecule is CCN1CCCC1CNC(=O)c1ccc2ccc(=O)[nH]c2n1. The Morgan fingerprint density at radius 2 is 2.23 bits per heavy atom. The number of likely N-dealkylation sites (N-methyl/N-ethyl adjacent to an activating group) is 1. The largest absolute Gasteiger partial charge is 0.349 e. The van der Waals surface area contributed by atoms with Gasteiger partial charge in [-0.3, -0.25) is 14.5 Å². The summed E-state index contributed by atoms with van der Waals surface area (Å²) in [6.07, 6.45) is 2.30. The Morgan fingerprint density at radius 3 is 3.05 bits per heavy atom. The van der Waals surface area contributed by atoms with E-state index in [0.29, 0.717) is 23.9 Å². The standard InChI is InChI=1S/C16H20N4O2/c1-2-20-9-3-4-12(20)10-17-16(22)13-7-5-11-6-8-14(21)19-15(11)18-13/h5-8,12H,2-4,9-10H2,1H3,(H,17,22)(H,18,19,21). The van der Waals surface area contributed by atoms with Crippen LogP contribution < -0.4 is 10.9 Å². The van der Waals surface area contributed by atoms with E-state index in [9.17, 15) is 9.59 Å². The van der Waals surface area contributed by atoms with Gasteiger partial charge < -0.3 is 10.3 Å². The molecule has 6 heteroatoms. The molecule has 116 valence electrons. The molecular formula is C16H20N4O2. The first-order chi connectivity index (χ1) is 10.7. The third kappa shape index (κ3) is 3.01. The molecule has 22 heavy (non-hydrogen) atoms. The fraction of sp³-hybridized carbons (Fsp3) is 0.438. The maximum atomic E-state index is 12.2. The van der Waals surface area contributed by atoms with Gasteiger partial charge in [0.15, 0.2) is 0 Å². The number of carbonyl (C=O) groups excluding carboxylic acids is 1. The van der Waals surface area contributed by atoms with Crippen LogP contribution in [0.2, 0.25) is 0 Å². The van der Waals surface area contributed by atoms with Gasteiger partial charge in [0.25, 0.3) is 5.91 Å². The van der Waals surface area contributed by atoms with Gasteiger partial charge in [0, 0.05) is 24.0 Å². The monoisotopic (exact) mass is 300 g/mol. The van der Waals surface area contributed by atoms with Crippen molar-refractivity contribution in [1.82, 2.24) is 20.2 Å². The number of hydrogen-bond donors (Lipinski definition) is 2. The van der Waals surface area contributed by atoms with Crippen LogP contribution in [0.5, 0.6) is 0 Å². The Bertz CT molecular complexity index is 740. The van der Waals surface area contributed by atoms with E-state index in [1.54, 1.807) is 18.2 Å². The average Bonchev–Trinajstić information content (AvgIpc) is 2.99. The molecule has 3 heterocycles. The molecule has 0 aromatic carbocycles. The molecule has 1 aliphatic heterocycles. The third-order valence-electron chi connectivity index (χ3n) is 4.22. The van der Waals surface area contributed by atoms with Crippen molar-refractivity contribution in [2.75, 3.05) is 19.6 Å². The Kier molecular flexibility index (Phi) is 4.20. The zero-order valence-corrected chi connectivity index (χ0v) is 12.6. The van der Waals surface area contributed by atoms with Gasteiger partial charge in [-0.1, -0.05) is 6.92 Å². The fourth-order valence-electron chi connectivity index (χ4n) is 3.00. The first-order valence-electron chi connectivity index (χ1n) is 7.69. The summed E-state index contributed by atoms with van der Waals surface area (Å²) in [6, 6.07) is 7.03. The van der Waals surface area contributed by atoms with E-state index in [2.05, 4.69) is 27.1 Å². The van der Waals surface area contributed by atoms with Gasteiger partial charge in [-0.25, -0.2) is 4.98 Å². The lowest BCUT2D eigenvalue weighted by Gasteiger charge is -2.22.